The highest BCUT2D eigenvalue weighted by atomic mass is 32.1. The van der Waals surface area contributed by atoms with Gasteiger partial charge in [-0.1, -0.05) is 115 Å². The minimum atomic E-state index is 0.134. The molecular formula is C36H22BNS. The molecule has 0 spiro atoms. The predicted octanol–water partition coefficient (Wildman–Crippen LogP) is 8.63. The molecule has 0 N–H and O–H groups in total. The molecule has 2 aliphatic rings. The number of benzene rings is 6. The fourth-order valence-corrected chi connectivity index (χ4v) is 8.15. The molecule has 0 aliphatic carbocycles. The van der Waals surface area contributed by atoms with Gasteiger partial charge in [-0.3, -0.25) is 0 Å². The molecule has 6 aromatic carbocycles. The molecule has 0 fully saturated rings. The van der Waals surface area contributed by atoms with E-state index in [1.54, 1.807) is 0 Å². The fourth-order valence-electron chi connectivity index (χ4n) is 6.92. The number of fused-ring (bicyclic) bond motifs is 14. The zero-order valence-corrected chi connectivity index (χ0v) is 22.0. The largest absolute Gasteiger partial charge is 0.376 e. The van der Waals surface area contributed by atoms with E-state index < -0.39 is 0 Å². The third kappa shape index (κ3) is 2.86. The predicted molar refractivity (Wildman–Crippen MR) is 169 cm³/mol. The second-order valence-electron chi connectivity index (χ2n) is 10.4. The van der Waals surface area contributed by atoms with E-state index in [9.17, 15) is 0 Å². The summed E-state index contributed by atoms with van der Waals surface area (Å²) < 4.78 is 2.70. The molecule has 180 valence electrons. The molecule has 9 rings (SSSR count). The van der Waals surface area contributed by atoms with Gasteiger partial charge in [-0.2, -0.15) is 0 Å². The van der Waals surface area contributed by atoms with Crippen molar-refractivity contribution >= 4 is 60.7 Å². The summed E-state index contributed by atoms with van der Waals surface area (Å²) in [7, 11) is 0. The average molecular weight is 511 g/mol. The molecule has 0 atom stereocenters. The number of thiophene rings is 1. The lowest BCUT2D eigenvalue weighted by Crippen LogP contribution is -2.59. The highest BCUT2D eigenvalue weighted by molar-refractivity contribution is 7.26. The molecule has 0 saturated heterocycles. The number of hydrogen-bond acceptors (Lipinski definition) is 2. The van der Waals surface area contributed by atoms with Crippen molar-refractivity contribution in [3.05, 3.63) is 133 Å². The smallest absolute Gasteiger partial charge is 0.329 e. The Labute approximate surface area is 231 Å². The van der Waals surface area contributed by atoms with E-state index >= 15 is 0 Å². The number of rotatable bonds is 1. The maximum atomic E-state index is 2.59. The van der Waals surface area contributed by atoms with Gasteiger partial charge in [0.2, 0.25) is 0 Å². The Morgan fingerprint density at radius 2 is 1.03 bits per heavy atom. The van der Waals surface area contributed by atoms with E-state index in [4.69, 9.17) is 0 Å². The Morgan fingerprint density at radius 3 is 1.92 bits per heavy atom. The molecule has 0 amide bonds. The summed E-state index contributed by atoms with van der Waals surface area (Å²) in [4.78, 5) is 2.59. The van der Waals surface area contributed by atoms with E-state index in [0.29, 0.717) is 0 Å². The minimum Gasteiger partial charge on any atom is -0.376 e. The van der Waals surface area contributed by atoms with Crippen LogP contribution < -0.4 is 15.7 Å². The summed E-state index contributed by atoms with van der Waals surface area (Å²) in [5.74, 6) is 0. The first-order chi connectivity index (χ1) is 19.4. The van der Waals surface area contributed by atoms with Crippen LogP contribution in [0, 0.1) is 0 Å². The van der Waals surface area contributed by atoms with Crippen LogP contribution in [-0.4, -0.2) is 6.85 Å². The SMILES string of the molecule is c1ccc2c(c1)B1c3ccccc3-c3c(-c4cccc5c4sc4ccccc45)cccc3N1c1ccccc1-2. The highest BCUT2D eigenvalue weighted by Gasteiger charge is 2.42. The molecule has 3 heterocycles. The second-order valence-corrected chi connectivity index (χ2v) is 11.5. The average Bonchev–Trinajstić information content (AvgIpc) is 3.39. The number of nitrogens with zero attached hydrogens (tertiary/aromatic N) is 1. The van der Waals surface area contributed by atoms with Crippen molar-refractivity contribution in [3.63, 3.8) is 0 Å². The lowest BCUT2D eigenvalue weighted by atomic mass is 9.43. The first-order valence-corrected chi connectivity index (χ1v) is 14.3. The summed E-state index contributed by atoms with van der Waals surface area (Å²) in [6.45, 7) is 0.134. The Bertz CT molecular complexity index is 2110. The van der Waals surface area contributed by atoms with Crippen LogP contribution >= 0.6 is 11.3 Å². The monoisotopic (exact) mass is 511 g/mol. The van der Waals surface area contributed by atoms with E-state index in [1.807, 2.05) is 11.3 Å². The second kappa shape index (κ2) is 7.95. The Morgan fingerprint density at radius 1 is 0.436 bits per heavy atom. The highest BCUT2D eigenvalue weighted by Crippen LogP contribution is 2.50. The molecule has 0 radical (unpaired) electrons. The van der Waals surface area contributed by atoms with Crippen LogP contribution in [0.2, 0.25) is 0 Å². The van der Waals surface area contributed by atoms with Crippen molar-refractivity contribution in [1.29, 1.82) is 0 Å². The van der Waals surface area contributed by atoms with Crippen LogP contribution in [0.5, 0.6) is 0 Å². The zero-order chi connectivity index (χ0) is 25.5. The standard InChI is InChI=1S/C36H22BNS/c1-5-18-30-23(11-1)24-12-3-7-20-32(24)38-33-21-10-15-26(35(33)29-14-2-6-19-31(29)37(30)38)28-17-9-16-27-25-13-4-8-22-34(25)39-36(27)28/h1-22H. The van der Waals surface area contributed by atoms with Gasteiger partial charge >= 0.3 is 6.85 Å². The summed E-state index contributed by atoms with van der Waals surface area (Å²) in [5.41, 5.74) is 13.2. The zero-order valence-electron chi connectivity index (χ0n) is 21.1. The molecule has 39 heavy (non-hydrogen) atoms. The van der Waals surface area contributed by atoms with Crippen LogP contribution in [0.1, 0.15) is 0 Å². The van der Waals surface area contributed by atoms with E-state index in [1.165, 1.54) is 75.9 Å². The molecule has 1 nitrogen and oxygen atoms in total. The number of anilines is 2. The van der Waals surface area contributed by atoms with Gasteiger partial charge in [-0.05, 0) is 45.8 Å². The molecule has 7 aromatic rings. The van der Waals surface area contributed by atoms with Gasteiger partial charge in [0.1, 0.15) is 0 Å². The maximum Gasteiger partial charge on any atom is 0.329 e. The van der Waals surface area contributed by atoms with Crippen molar-refractivity contribution < 1.29 is 0 Å². The maximum absolute atomic E-state index is 2.59. The molecule has 0 saturated carbocycles. The lowest BCUT2D eigenvalue weighted by molar-refractivity contribution is 1.35. The molecule has 2 aliphatic heterocycles. The third-order valence-electron chi connectivity index (χ3n) is 8.49. The van der Waals surface area contributed by atoms with Crippen molar-refractivity contribution in [1.82, 2.24) is 0 Å². The lowest BCUT2D eigenvalue weighted by Gasteiger charge is -2.43. The molecule has 3 heteroatoms. The van der Waals surface area contributed by atoms with Crippen LogP contribution in [0.4, 0.5) is 11.4 Å². The summed E-state index contributed by atoms with van der Waals surface area (Å²) >= 11 is 1.90. The van der Waals surface area contributed by atoms with Crippen molar-refractivity contribution in [2.24, 2.45) is 0 Å². The number of para-hydroxylation sites is 1. The van der Waals surface area contributed by atoms with Crippen molar-refractivity contribution in [3.8, 4) is 33.4 Å². The van der Waals surface area contributed by atoms with Gasteiger partial charge in [-0.15, -0.1) is 11.3 Å². The normalized spacial score (nSPS) is 13.0. The Balaban J connectivity index is 1.39. The minimum absolute atomic E-state index is 0.134. The van der Waals surface area contributed by atoms with Gasteiger partial charge in [-0.25, -0.2) is 0 Å². The third-order valence-corrected chi connectivity index (χ3v) is 9.71. The van der Waals surface area contributed by atoms with Crippen molar-refractivity contribution in [2.75, 3.05) is 4.81 Å². The summed E-state index contributed by atoms with van der Waals surface area (Å²) in [6.07, 6.45) is 0. The quantitative estimate of drug-likeness (QED) is 0.200. The van der Waals surface area contributed by atoms with Crippen LogP contribution in [0.3, 0.4) is 0 Å². The van der Waals surface area contributed by atoms with E-state index in [2.05, 4.69) is 138 Å². The van der Waals surface area contributed by atoms with Crippen LogP contribution in [-0.2, 0) is 0 Å². The first-order valence-electron chi connectivity index (χ1n) is 13.5. The fraction of sp³-hybridized carbons (Fsp3) is 0. The van der Waals surface area contributed by atoms with Crippen molar-refractivity contribution in [2.45, 2.75) is 0 Å². The van der Waals surface area contributed by atoms with Gasteiger partial charge in [0.15, 0.2) is 0 Å². The molecule has 1 aromatic heterocycles. The van der Waals surface area contributed by atoms with Gasteiger partial charge < -0.3 is 4.81 Å². The molecule has 0 bridgehead atoms. The number of hydrogen-bond donors (Lipinski definition) is 0. The van der Waals surface area contributed by atoms with Crippen LogP contribution in [0.15, 0.2) is 133 Å². The topological polar surface area (TPSA) is 3.24 Å². The molecule has 0 unspecified atom stereocenters. The Hall–Kier alpha value is -4.60. The van der Waals surface area contributed by atoms with Gasteiger partial charge in [0, 0.05) is 48.2 Å². The Kier molecular flexibility index (Phi) is 4.35. The summed E-state index contributed by atoms with van der Waals surface area (Å²) in [5, 5.41) is 2.68. The first kappa shape index (κ1) is 21.4. The van der Waals surface area contributed by atoms with Gasteiger partial charge in [0.25, 0.3) is 0 Å². The van der Waals surface area contributed by atoms with Gasteiger partial charge in [0.05, 0.1) is 0 Å². The van der Waals surface area contributed by atoms with Crippen LogP contribution in [0.25, 0.3) is 53.6 Å². The van der Waals surface area contributed by atoms with E-state index in [-0.39, 0.29) is 6.85 Å². The summed E-state index contributed by atoms with van der Waals surface area (Å²) in [6, 6.07) is 49.3. The molecular weight excluding hydrogens is 489 g/mol. The van der Waals surface area contributed by atoms with E-state index in [0.717, 1.165) is 0 Å².